The highest BCUT2D eigenvalue weighted by atomic mass is 16.5. The minimum atomic E-state index is -0.616. The van der Waals surface area contributed by atoms with E-state index in [0.29, 0.717) is 24.7 Å². The number of hydrogen-bond donors (Lipinski definition) is 0. The maximum Gasteiger partial charge on any atom is 0.731 e. The molecule has 0 aliphatic carbocycles. The van der Waals surface area contributed by atoms with Gasteiger partial charge >= 0.3 is 13.1 Å². The summed E-state index contributed by atoms with van der Waals surface area (Å²) in [5.41, 5.74) is 2.06. The van der Waals surface area contributed by atoms with E-state index >= 15 is 0 Å². The Morgan fingerprint density at radius 3 is 2.91 bits per heavy atom. The van der Waals surface area contributed by atoms with E-state index in [0.717, 1.165) is 11.0 Å². The van der Waals surface area contributed by atoms with Crippen molar-refractivity contribution in [2.75, 3.05) is 6.61 Å². The van der Waals surface area contributed by atoms with Crippen molar-refractivity contribution in [3.8, 4) is 11.5 Å². The number of carbonyl (C=O) groups excluding carboxylic acids is 1. The van der Waals surface area contributed by atoms with Gasteiger partial charge in [-0.2, -0.15) is 0 Å². The second-order valence-electron chi connectivity index (χ2n) is 4.75. The lowest BCUT2D eigenvalue weighted by molar-refractivity contribution is 0.0519. The van der Waals surface area contributed by atoms with Gasteiger partial charge in [-0.05, 0) is 36.8 Å². The molecule has 0 radical (unpaired) electrons. The molecule has 2 aromatic rings. The molecular weight excluding hydrogens is 285 g/mol. The molecule has 1 aliphatic heterocycles. The van der Waals surface area contributed by atoms with Crippen molar-refractivity contribution in [2.45, 2.75) is 13.5 Å². The van der Waals surface area contributed by atoms with Gasteiger partial charge in [0, 0.05) is 0 Å². The zero-order valence-corrected chi connectivity index (χ0v) is 12.0. The largest absolute Gasteiger partial charge is 0.731 e. The number of nitrogens with zero attached hydrogens (tertiary/aromatic N) is 1. The molecule has 1 aromatic carbocycles. The molecule has 7 heteroatoms. The van der Waals surface area contributed by atoms with Crippen molar-refractivity contribution in [2.24, 2.45) is 0 Å². The molecule has 1 aliphatic rings. The van der Waals surface area contributed by atoms with Gasteiger partial charge in [0.05, 0.1) is 24.9 Å². The lowest BCUT2D eigenvalue weighted by atomic mass is 9.80. The summed E-state index contributed by atoms with van der Waals surface area (Å²) in [5.74, 6) is 0.710. The fraction of sp³-hybridized carbons (Fsp3) is 0.200. The Balaban J connectivity index is 1.72. The number of carbonyl (C=O) groups is 1. The van der Waals surface area contributed by atoms with E-state index in [1.54, 1.807) is 25.1 Å². The molecule has 112 valence electrons. The minimum Gasteiger partial charge on any atom is -0.522 e. The third-order valence-electron chi connectivity index (χ3n) is 3.26. The normalized spacial score (nSPS) is 12.9. The Morgan fingerprint density at radius 2 is 2.18 bits per heavy atom. The third kappa shape index (κ3) is 2.95. The van der Waals surface area contributed by atoms with Crippen molar-refractivity contribution in [1.82, 2.24) is 4.98 Å². The highest BCUT2D eigenvalue weighted by Crippen LogP contribution is 2.23. The summed E-state index contributed by atoms with van der Waals surface area (Å²) < 4.78 is 15.8. The number of pyridine rings is 1. The Labute approximate surface area is 127 Å². The van der Waals surface area contributed by atoms with Crippen molar-refractivity contribution in [3.05, 3.63) is 47.8 Å². The number of rotatable bonds is 4. The molecular formula is C15H15BNO5+. The summed E-state index contributed by atoms with van der Waals surface area (Å²) in [5, 5.41) is 7.69. The van der Waals surface area contributed by atoms with Gasteiger partial charge in [-0.15, -0.1) is 0 Å². The number of fused-ring (bicyclic) bond motifs is 1. The van der Waals surface area contributed by atoms with Gasteiger partial charge < -0.3 is 19.2 Å². The predicted octanol–water partition coefficient (Wildman–Crippen LogP) is 1.00. The Bertz CT molecular complexity index is 689. The first-order valence-electron chi connectivity index (χ1n) is 6.94. The van der Waals surface area contributed by atoms with Gasteiger partial charge in [-0.3, -0.25) is 0 Å². The van der Waals surface area contributed by atoms with Crippen LogP contribution in [0.4, 0.5) is 0 Å². The van der Waals surface area contributed by atoms with E-state index in [4.69, 9.17) is 19.2 Å². The van der Waals surface area contributed by atoms with E-state index in [1.165, 1.54) is 6.20 Å². The molecule has 6 nitrogen and oxygen atoms in total. The molecule has 2 heterocycles. The molecule has 0 amide bonds. The summed E-state index contributed by atoms with van der Waals surface area (Å²) in [6.07, 6.45) is 1.48. The lowest BCUT2D eigenvalue weighted by Crippen LogP contribution is -2.27. The summed E-state index contributed by atoms with van der Waals surface area (Å²) in [6.45, 7) is 2.47. The van der Waals surface area contributed by atoms with Crippen molar-refractivity contribution in [1.29, 1.82) is 0 Å². The van der Waals surface area contributed by atoms with Crippen LogP contribution < -0.4 is 10.2 Å². The Kier molecular flexibility index (Phi) is 4.08. The SMILES string of the molecule is CCOC(=O)c1ccc(Oc2ccc3c(c2)COB3[OH2+])cn1. The molecule has 0 atom stereocenters. The highest BCUT2D eigenvalue weighted by Gasteiger charge is 2.36. The van der Waals surface area contributed by atoms with Gasteiger partial charge in [-0.25, -0.2) is 9.78 Å². The van der Waals surface area contributed by atoms with E-state index in [9.17, 15) is 4.79 Å². The molecule has 0 saturated carbocycles. The van der Waals surface area contributed by atoms with Crippen LogP contribution in [0.1, 0.15) is 23.0 Å². The summed E-state index contributed by atoms with van der Waals surface area (Å²) in [4.78, 5) is 15.5. The molecule has 0 saturated heterocycles. The third-order valence-corrected chi connectivity index (χ3v) is 3.26. The van der Waals surface area contributed by atoms with Crippen LogP contribution >= 0.6 is 0 Å². The number of esters is 1. The fourth-order valence-corrected chi connectivity index (χ4v) is 2.19. The average molecular weight is 300 g/mol. The van der Waals surface area contributed by atoms with Crippen LogP contribution in [0.2, 0.25) is 0 Å². The van der Waals surface area contributed by atoms with Crippen LogP contribution in [0.15, 0.2) is 36.5 Å². The molecule has 1 aromatic heterocycles. The number of ether oxygens (including phenoxy) is 2. The van der Waals surface area contributed by atoms with E-state index < -0.39 is 13.1 Å². The molecule has 0 fully saturated rings. The summed E-state index contributed by atoms with van der Waals surface area (Å²) >= 11 is 0. The zero-order valence-electron chi connectivity index (χ0n) is 12.0. The summed E-state index contributed by atoms with van der Waals surface area (Å²) in [7, 11) is -0.616. The molecule has 0 bridgehead atoms. The molecule has 2 N–H and O–H groups in total. The molecule has 22 heavy (non-hydrogen) atoms. The predicted molar refractivity (Wildman–Crippen MR) is 80.5 cm³/mol. The van der Waals surface area contributed by atoms with Gasteiger partial charge in [0.25, 0.3) is 0 Å². The maximum absolute atomic E-state index is 11.5. The quantitative estimate of drug-likeness (QED) is 0.478. The monoisotopic (exact) mass is 300 g/mol. The zero-order chi connectivity index (χ0) is 15.5. The Morgan fingerprint density at radius 1 is 1.36 bits per heavy atom. The minimum absolute atomic E-state index is 0.244. The van der Waals surface area contributed by atoms with E-state index in [2.05, 4.69) is 4.98 Å². The molecule has 3 rings (SSSR count). The number of benzene rings is 1. The first-order valence-corrected chi connectivity index (χ1v) is 6.94. The van der Waals surface area contributed by atoms with Gasteiger partial charge in [0.2, 0.25) is 0 Å². The van der Waals surface area contributed by atoms with Crippen LogP contribution in [-0.4, -0.2) is 29.7 Å². The number of aromatic nitrogens is 1. The van der Waals surface area contributed by atoms with Crippen LogP contribution in [0.25, 0.3) is 0 Å². The van der Waals surface area contributed by atoms with E-state index in [-0.39, 0.29) is 5.69 Å². The highest BCUT2D eigenvalue weighted by molar-refractivity contribution is 6.61. The molecule has 0 spiro atoms. The first-order chi connectivity index (χ1) is 10.7. The van der Waals surface area contributed by atoms with Crippen molar-refractivity contribution in [3.63, 3.8) is 0 Å². The summed E-state index contributed by atoms with van der Waals surface area (Å²) in [6, 6.07) is 8.69. The van der Waals surface area contributed by atoms with Crippen LogP contribution in [-0.2, 0) is 16.0 Å². The van der Waals surface area contributed by atoms with Crippen molar-refractivity contribution >= 4 is 18.6 Å². The number of hydrogen-bond acceptors (Lipinski definition) is 5. The first kappa shape index (κ1) is 14.6. The van der Waals surface area contributed by atoms with Crippen molar-refractivity contribution < 1.29 is 23.9 Å². The standard InChI is InChI=1S/C15H14BNO5/c1-2-20-15(18)14-6-4-12(8-17-14)22-11-3-5-13-10(7-11)9-21-16(13)19/h3-8,19H,2,9H2,1H3/p+1. The Hall–Kier alpha value is -2.38. The van der Waals surface area contributed by atoms with Gasteiger partial charge in [0.1, 0.15) is 17.2 Å². The van der Waals surface area contributed by atoms with E-state index in [1.807, 2.05) is 12.1 Å². The second kappa shape index (κ2) is 6.17. The average Bonchev–Trinajstić information content (AvgIpc) is 2.89. The fourth-order valence-electron chi connectivity index (χ4n) is 2.19. The van der Waals surface area contributed by atoms with Gasteiger partial charge in [0.15, 0.2) is 0 Å². The lowest BCUT2D eigenvalue weighted by Gasteiger charge is -2.07. The molecule has 0 unspecified atom stereocenters. The van der Waals surface area contributed by atoms with Crippen LogP contribution in [0.5, 0.6) is 11.5 Å². The maximum atomic E-state index is 11.5. The second-order valence-corrected chi connectivity index (χ2v) is 4.75. The topological polar surface area (TPSA) is 80.5 Å². The smallest absolute Gasteiger partial charge is 0.522 e. The van der Waals surface area contributed by atoms with Crippen LogP contribution in [0.3, 0.4) is 0 Å². The van der Waals surface area contributed by atoms with Gasteiger partial charge in [-0.1, -0.05) is 6.07 Å². The van der Waals surface area contributed by atoms with Crippen LogP contribution in [0, 0.1) is 0 Å².